The smallest absolute Gasteiger partial charge is 0.260 e. The monoisotopic (exact) mass is 337 g/mol. The van der Waals surface area contributed by atoms with Crippen LogP contribution in [0.1, 0.15) is 13.3 Å². The molecule has 0 bridgehead atoms. The fourth-order valence-corrected chi connectivity index (χ4v) is 4.45. The summed E-state index contributed by atoms with van der Waals surface area (Å²) in [6.45, 7) is 3.62. The van der Waals surface area contributed by atoms with Crippen LogP contribution in [-0.4, -0.2) is 42.5 Å². The Balaban J connectivity index is 2.22. The van der Waals surface area contributed by atoms with Crippen molar-refractivity contribution in [3.8, 4) is 0 Å². The van der Waals surface area contributed by atoms with Gasteiger partial charge in [0.2, 0.25) is 5.03 Å². The highest BCUT2D eigenvalue weighted by molar-refractivity contribution is 9.10. The molecule has 0 saturated carbocycles. The molecule has 0 spiro atoms. The normalized spacial score (nSPS) is 25.3. The second kappa shape index (κ2) is 5.24. The Morgan fingerprint density at radius 1 is 1.56 bits per heavy atom. The SMILES string of the molecule is CC1CCNCC1NS(=O)(=O)c1c(Br)nnn1C. The maximum absolute atomic E-state index is 12.3. The highest BCUT2D eigenvalue weighted by Crippen LogP contribution is 2.20. The second-order valence-electron chi connectivity index (χ2n) is 4.51. The van der Waals surface area contributed by atoms with E-state index in [-0.39, 0.29) is 15.7 Å². The molecular formula is C9H16BrN5O2S. The van der Waals surface area contributed by atoms with Gasteiger partial charge in [0.1, 0.15) is 0 Å². The van der Waals surface area contributed by atoms with Crippen LogP contribution in [0.5, 0.6) is 0 Å². The molecule has 2 atom stereocenters. The van der Waals surface area contributed by atoms with Gasteiger partial charge in [0.15, 0.2) is 4.60 Å². The molecule has 2 N–H and O–H groups in total. The summed E-state index contributed by atoms with van der Waals surface area (Å²) >= 11 is 3.10. The average Bonchev–Trinajstić information content (AvgIpc) is 2.62. The summed E-state index contributed by atoms with van der Waals surface area (Å²) in [5.41, 5.74) is 0. The molecule has 2 heterocycles. The summed E-state index contributed by atoms with van der Waals surface area (Å²) in [4.78, 5) is 0. The molecule has 2 unspecified atom stereocenters. The van der Waals surface area contributed by atoms with Crippen molar-refractivity contribution in [3.05, 3.63) is 4.60 Å². The van der Waals surface area contributed by atoms with E-state index in [0.29, 0.717) is 12.5 Å². The van der Waals surface area contributed by atoms with Gasteiger partial charge in [-0.2, -0.15) is 0 Å². The van der Waals surface area contributed by atoms with Crippen LogP contribution in [0.25, 0.3) is 0 Å². The molecular weight excluding hydrogens is 322 g/mol. The van der Waals surface area contributed by atoms with Crippen LogP contribution in [-0.2, 0) is 17.1 Å². The van der Waals surface area contributed by atoms with Crippen molar-refractivity contribution >= 4 is 26.0 Å². The van der Waals surface area contributed by atoms with Gasteiger partial charge in [0.05, 0.1) is 0 Å². The Labute approximate surface area is 115 Å². The zero-order chi connectivity index (χ0) is 13.3. The molecule has 1 fully saturated rings. The van der Waals surface area contributed by atoms with Gasteiger partial charge in [-0.3, -0.25) is 0 Å². The maximum atomic E-state index is 12.3. The van der Waals surface area contributed by atoms with Crippen LogP contribution in [0.15, 0.2) is 9.63 Å². The lowest BCUT2D eigenvalue weighted by molar-refractivity contribution is 0.326. The summed E-state index contributed by atoms with van der Waals surface area (Å²) in [6.07, 6.45) is 0.956. The first-order valence-corrected chi connectivity index (χ1v) is 7.97. The highest BCUT2D eigenvalue weighted by Gasteiger charge is 2.30. The molecule has 0 radical (unpaired) electrons. The molecule has 1 aliphatic rings. The van der Waals surface area contributed by atoms with E-state index in [2.05, 4.69) is 36.3 Å². The third kappa shape index (κ3) is 2.73. The highest BCUT2D eigenvalue weighted by atomic mass is 79.9. The third-order valence-corrected chi connectivity index (χ3v) is 5.50. The Kier molecular flexibility index (Phi) is 4.05. The van der Waals surface area contributed by atoms with Crippen LogP contribution in [0.2, 0.25) is 0 Å². The number of sulfonamides is 1. The maximum Gasteiger partial charge on any atom is 0.260 e. The van der Waals surface area contributed by atoms with E-state index in [4.69, 9.17) is 0 Å². The van der Waals surface area contributed by atoms with Gasteiger partial charge in [0.25, 0.3) is 10.0 Å². The first kappa shape index (κ1) is 13.9. The zero-order valence-corrected chi connectivity index (χ0v) is 12.6. The predicted octanol–water partition coefficient (Wildman–Crippen LogP) is -0.146. The van der Waals surface area contributed by atoms with Gasteiger partial charge in [0, 0.05) is 19.6 Å². The largest absolute Gasteiger partial charge is 0.315 e. The number of nitrogens with zero attached hydrogens (tertiary/aromatic N) is 3. The van der Waals surface area contributed by atoms with Crippen molar-refractivity contribution in [2.75, 3.05) is 13.1 Å². The average molecular weight is 338 g/mol. The summed E-state index contributed by atoms with van der Waals surface area (Å²) < 4.78 is 28.7. The Morgan fingerprint density at radius 2 is 2.28 bits per heavy atom. The van der Waals surface area contributed by atoms with Gasteiger partial charge in [-0.05, 0) is 34.8 Å². The van der Waals surface area contributed by atoms with Crippen molar-refractivity contribution in [2.24, 2.45) is 13.0 Å². The summed E-state index contributed by atoms with van der Waals surface area (Å²) in [6, 6.07) is -0.106. The molecule has 0 amide bonds. The van der Waals surface area contributed by atoms with Crippen molar-refractivity contribution in [3.63, 3.8) is 0 Å². The summed E-state index contributed by atoms with van der Waals surface area (Å²) in [5.74, 6) is 0.306. The molecule has 102 valence electrons. The van der Waals surface area contributed by atoms with Crippen molar-refractivity contribution in [2.45, 2.75) is 24.4 Å². The van der Waals surface area contributed by atoms with Crippen LogP contribution in [0.3, 0.4) is 0 Å². The lowest BCUT2D eigenvalue weighted by atomic mass is 9.96. The minimum atomic E-state index is -3.61. The molecule has 2 rings (SSSR count). The fourth-order valence-electron chi connectivity index (χ4n) is 2.01. The van der Waals surface area contributed by atoms with E-state index in [1.807, 2.05) is 6.92 Å². The molecule has 1 aliphatic heterocycles. The van der Waals surface area contributed by atoms with Gasteiger partial charge in [-0.15, -0.1) is 5.10 Å². The Hall–Kier alpha value is -0.510. The van der Waals surface area contributed by atoms with Crippen LogP contribution < -0.4 is 10.0 Å². The van der Waals surface area contributed by atoms with Gasteiger partial charge < -0.3 is 5.32 Å². The first-order chi connectivity index (χ1) is 8.42. The number of aromatic nitrogens is 3. The van der Waals surface area contributed by atoms with Crippen LogP contribution in [0.4, 0.5) is 0 Å². The van der Waals surface area contributed by atoms with Gasteiger partial charge in [-0.1, -0.05) is 12.1 Å². The lowest BCUT2D eigenvalue weighted by Crippen LogP contribution is -2.50. The van der Waals surface area contributed by atoms with Gasteiger partial charge >= 0.3 is 0 Å². The van der Waals surface area contributed by atoms with E-state index in [0.717, 1.165) is 13.0 Å². The minimum absolute atomic E-state index is 0.0558. The molecule has 9 heteroatoms. The van der Waals surface area contributed by atoms with Crippen molar-refractivity contribution in [1.82, 2.24) is 25.0 Å². The van der Waals surface area contributed by atoms with Crippen molar-refractivity contribution < 1.29 is 8.42 Å². The van der Waals surface area contributed by atoms with E-state index in [1.165, 1.54) is 4.68 Å². The summed E-state index contributed by atoms with van der Waals surface area (Å²) in [5, 5.41) is 10.6. The Morgan fingerprint density at radius 3 is 2.83 bits per heavy atom. The number of nitrogens with one attached hydrogen (secondary N) is 2. The first-order valence-electron chi connectivity index (χ1n) is 5.70. The van der Waals surface area contributed by atoms with E-state index in [9.17, 15) is 8.42 Å². The number of rotatable bonds is 3. The van der Waals surface area contributed by atoms with E-state index in [1.54, 1.807) is 7.05 Å². The molecule has 1 aromatic heterocycles. The molecule has 7 nitrogen and oxygen atoms in total. The quantitative estimate of drug-likeness (QED) is 0.800. The standard InChI is InChI=1S/C9H16BrN5O2S/c1-6-3-4-11-5-7(6)13-18(16,17)9-8(10)12-14-15(9)2/h6-7,11,13H,3-5H2,1-2H3. The topological polar surface area (TPSA) is 88.9 Å². The van der Waals surface area contributed by atoms with E-state index >= 15 is 0 Å². The summed E-state index contributed by atoms with van der Waals surface area (Å²) in [7, 11) is -2.06. The lowest BCUT2D eigenvalue weighted by Gasteiger charge is -2.29. The van der Waals surface area contributed by atoms with Gasteiger partial charge in [-0.25, -0.2) is 17.8 Å². The number of hydrogen-bond donors (Lipinski definition) is 2. The number of halogens is 1. The fraction of sp³-hybridized carbons (Fsp3) is 0.778. The molecule has 1 saturated heterocycles. The van der Waals surface area contributed by atoms with Crippen molar-refractivity contribution in [1.29, 1.82) is 0 Å². The van der Waals surface area contributed by atoms with Crippen LogP contribution in [0, 0.1) is 5.92 Å². The van der Waals surface area contributed by atoms with Crippen LogP contribution >= 0.6 is 15.9 Å². The number of aryl methyl sites for hydroxylation is 1. The molecule has 1 aromatic rings. The molecule has 18 heavy (non-hydrogen) atoms. The molecule has 0 aliphatic carbocycles. The zero-order valence-electron chi connectivity index (χ0n) is 10.2. The van der Waals surface area contributed by atoms with E-state index < -0.39 is 10.0 Å². The predicted molar refractivity (Wildman–Crippen MR) is 69.5 cm³/mol. The number of piperidine rings is 1. The molecule has 0 aromatic carbocycles. The third-order valence-electron chi connectivity index (χ3n) is 3.13. The minimum Gasteiger partial charge on any atom is -0.315 e. The Bertz CT molecular complexity index is 510. The number of hydrogen-bond acceptors (Lipinski definition) is 5. The second-order valence-corrected chi connectivity index (χ2v) is 6.89.